The number of hydrogen-bond donors (Lipinski definition) is 2. The van der Waals surface area contributed by atoms with E-state index >= 15 is 0 Å². The average molecular weight is 328 g/mol. The fourth-order valence-corrected chi connectivity index (χ4v) is 2.49. The maximum atomic E-state index is 13.4. The lowest BCUT2D eigenvalue weighted by Crippen LogP contribution is -2.28. The first-order valence-corrected chi connectivity index (χ1v) is 7.41. The third kappa shape index (κ3) is 3.94. The van der Waals surface area contributed by atoms with Gasteiger partial charge in [-0.3, -0.25) is 9.36 Å². The van der Waals surface area contributed by atoms with Gasteiger partial charge in [0, 0.05) is 19.2 Å². The Balaban J connectivity index is 1.79. The highest BCUT2D eigenvalue weighted by molar-refractivity contribution is 7.99. The molecule has 2 N–H and O–H groups in total. The van der Waals surface area contributed by atoms with Crippen LogP contribution in [0.4, 0.5) is 8.78 Å². The quantitative estimate of drug-likeness (QED) is 0.770. The van der Waals surface area contributed by atoms with Crippen molar-refractivity contribution in [3.8, 4) is 0 Å². The molecule has 0 aliphatic heterocycles. The summed E-state index contributed by atoms with van der Waals surface area (Å²) in [6.07, 6.45) is 0.0653. The van der Waals surface area contributed by atoms with E-state index in [2.05, 4.69) is 15.5 Å². The molecule has 0 bridgehead atoms. The molecule has 0 fully saturated rings. The van der Waals surface area contributed by atoms with Gasteiger partial charge >= 0.3 is 5.69 Å². The molecule has 0 saturated carbocycles. The zero-order chi connectivity index (χ0) is 16.1. The number of carbonyl (C=O) groups excluding carboxylic acids is 1. The molecular formula is C13H14F2N4O2S. The van der Waals surface area contributed by atoms with Crippen molar-refractivity contribution >= 4 is 17.7 Å². The lowest BCUT2D eigenvalue weighted by molar-refractivity contribution is -0.118. The van der Waals surface area contributed by atoms with E-state index in [0.29, 0.717) is 5.16 Å². The van der Waals surface area contributed by atoms with Gasteiger partial charge in [-0.1, -0.05) is 17.8 Å². The molecule has 0 aliphatic rings. The van der Waals surface area contributed by atoms with E-state index in [0.717, 1.165) is 11.8 Å². The summed E-state index contributed by atoms with van der Waals surface area (Å²) in [6.45, 7) is 0.122. The molecule has 1 amide bonds. The molecule has 2 aromatic rings. The summed E-state index contributed by atoms with van der Waals surface area (Å²) in [7, 11) is 1.53. The van der Waals surface area contributed by atoms with E-state index in [1.54, 1.807) is 0 Å². The van der Waals surface area contributed by atoms with Crippen molar-refractivity contribution in [2.24, 2.45) is 7.05 Å². The molecule has 0 atom stereocenters. The zero-order valence-corrected chi connectivity index (χ0v) is 12.5. The first-order valence-electron chi connectivity index (χ1n) is 6.43. The van der Waals surface area contributed by atoms with E-state index < -0.39 is 11.6 Å². The molecule has 9 heteroatoms. The van der Waals surface area contributed by atoms with Crippen molar-refractivity contribution < 1.29 is 13.6 Å². The van der Waals surface area contributed by atoms with Crippen molar-refractivity contribution in [2.45, 2.75) is 11.6 Å². The van der Waals surface area contributed by atoms with Gasteiger partial charge in [-0.25, -0.2) is 18.7 Å². The second kappa shape index (κ2) is 7.21. The van der Waals surface area contributed by atoms with Gasteiger partial charge in [-0.2, -0.15) is 0 Å². The topological polar surface area (TPSA) is 79.8 Å². The largest absolute Gasteiger partial charge is 0.355 e. The van der Waals surface area contributed by atoms with Crippen LogP contribution in [0.1, 0.15) is 5.56 Å². The molecule has 0 radical (unpaired) electrons. The minimum atomic E-state index is -0.629. The number of thioether (sulfide) groups is 1. The Labute approximate surface area is 128 Å². The molecule has 1 aromatic carbocycles. The number of carbonyl (C=O) groups is 1. The molecule has 118 valence electrons. The fourth-order valence-electron chi connectivity index (χ4n) is 1.74. The van der Waals surface area contributed by atoms with Crippen LogP contribution in [0.15, 0.2) is 28.2 Å². The summed E-state index contributed by atoms with van der Waals surface area (Å²) in [5.41, 5.74) is -0.414. The first-order chi connectivity index (χ1) is 10.5. The summed E-state index contributed by atoms with van der Waals surface area (Å²) in [5, 5.41) is 8.96. The van der Waals surface area contributed by atoms with Gasteiger partial charge in [0.15, 0.2) is 5.16 Å². The smallest absolute Gasteiger partial charge is 0.343 e. The summed E-state index contributed by atoms with van der Waals surface area (Å²) in [6, 6.07) is 3.64. The van der Waals surface area contributed by atoms with Crippen molar-refractivity contribution in [1.29, 1.82) is 0 Å². The van der Waals surface area contributed by atoms with Crippen LogP contribution in [0.2, 0.25) is 0 Å². The highest BCUT2D eigenvalue weighted by Crippen LogP contribution is 2.13. The van der Waals surface area contributed by atoms with Crippen LogP contribution < -0.4 is 11.0 Å². The molecule has 0 spiro atoms. The van der Waals surface area contributed by atoms with Crippen LogP contribution >= 0.6 is 11.8 Å². The fraction of sp³-hybridized carbons (Fsp3) is 0.308. The molecule has 2 rings (SSSR count). The molecule has 1 aromatic heterocycles. The van der Waals surface area contributed by atoms with E-state index in [1.807, 2.05) is 0 Å². The van der Waals surface area contributed by atoms with Crippen LogP contribution in [-0.4, -0.2) is 33.0 Å². The van der Waals surface area contributed by atoms with Gasteiger partial charge in [0.2, 0.25) is 5.91 Å². The Kier molecular flexibility index (Phi) is 5.31. The minimum absolute atomic E-state index is 0.0508. The van der Waals surface area contributed by atoms with Gasteiger partial charge in [0.25, 0.3) is 0 Å². The Bertz CT molecular complexity index is 709. The molecule has 6 nitrogen and oxygen atoms in total. The average Bonchev–Trinajstić information content (AvgIpc) is 2.80. The summed E-state index contributed by atoms with van der Waals surface area (Å²) >= 11 is 1.09. The SMILES string of the molecule is Cn1c(SCC(=O)NCCc2c(F)cccc2F)n[nH]c1=O. The first kappa shape index (κ1) is 16.2. The maximum Gasteiger partial charge on any atom is 0.343 e. The normalized spacial score (nSPS) is 10.7. The number of benzene rings is 1. The number of H-pyrrole nitrogens is 1. The third-order valence-electron chi connectivity index (χ3n) is 2.93. The number of hydrogen-bond acceptors (Lipinski definition) is 4. The van der Waals surface area contributed by atoms with Gasteiger partial charge in [-0.15, -0.1) is 5.10 Å². The standard InChI is InChI=1S/C13H14F2N4O2S/c1-19-12(21)17-18-13(19)22-7-11(20)16-6-5-8-9(14)3-2-4-10(8)15/h2-4H,5-7H2,1H3,(H,16,20)(H,17,21). The highest BCUT2D eigenvalue weighted by Gasteiger charge is 2.10. The van der Waals surface area contributed by atoms with Crippen molar-refractivity contribution in [1.82, 2.24) is 20.1 Å². The number of rotatable bonds is 6. The molecule has 0 unspecified atom stereocenters. The Morgan fingerprint density at radius 1 is 1.41 bits per heavy atom. The van der Waals surface area contributed by atoms with Crippen molar-refractivity contribution in [2.75, 3.05) is 12.3 Å². The van der Waals surface area contributed by atoms with E-state index in [9.17, 15) is 18.4 Å². The Morgan fingerprint density at radius 3 is 2.68 bits per heavy atom. The van der Waals surface area contributed by atoms with Gasteiger partial charge < -0.3 is 5.32 Å². The van der Waals surface area contributed by atoms with Gasteiger partial charge in [0.1, 0.15) is 11.6 Å². The molecule has 1 heterocycles. The maximum absolute atomic E-state index is 13.4. The molecule has 0 aliphatic carbocycles. The predicted octanol–water partition coefficient (Wildman–Crippen LogP) is 0.838. The van der Waals surface area contributed by atoms with Crippen molar-refractivity contribution in [3.05, 3.63) is 45.9 Å². The number of aromatic nitrogens is 3. The Morgan fingerprint density at radius 2 is 2.09 bits per heavy atom. The second-order valence-corrected chi connectivity index (χ2v) is 5.40. The van der Waals surface area contributed by atoms with E-state index in [4.69, 9.17) is 0 Å². The Hall–Kier alpha value is -2.16. The number of nitrogens with zero attached hydrogens (tertiary/aromatic N) is 2. The minimum Gasteiger partial charge on any atom is -0.355 e. The summed E-state index contributed by atoms with van der Waals surface area (Å²) in [4.78, 5) is 22.8. The highest BCUT2D eigenvalue weighted by atomic mass is 32.2. The number of amides is 1. The third-order valence-corrected chi connectivity index (χ3v) is 3.96. The number of halogens is 2. The predicted molar refractivity (Wildman–Crippen MR) is 77.6 cm³/mol. The van der Waals surface area contributed by atoms with E-state index in [-0.39, 0.29) is 35.9 Å². The van der Waals surface area contributed by atoms with E-state index in [1.165, 1.54) is 29.8 Å². The van der Waals surface area contributed by atoms with Gasteiger partial charge in [0.05, 0.1) is 5.75 Å². The monoisotopic (exact) mass is 328 g/mol. The molecular weight excluding hydrogens is 314 g/mol. The molecule has 0 saturated heterocycles. The number of aromatic amines is 1. The lowest BCUT2D eigenvalue weighted by atomic mass is 10.1. The van der Waals surface area contributed by atoms with Crippen LogP contribution in [0.25, 0.3) is 0 Å². The second-order valence-electron chi connectivity index (χ2n) is 4.46. The number of nitrogens with one attached hydrogen (secondary N) is 2. The van der Waals surface area contributed by atoms with Crippen molar-refractivity contribution in [3.63, 3.8) is 0 Å². The van der Waals surface area contributed by atoms with Crippen LogP contribution in [0.5, 0.6) is 0 Å². The summed E-state index contributed by atoms with van der Waals surface area (Å²) in [5.74, 6) is -1.51. The van der Waals surface area contributed by atoms with Crippen LogP contribution in [-0.2, 0) is 18.3 Å². The summed E-state index contributed by atoms with van der Waals surface area (Å²) < 4.78 is 28.1. The zero-order valence-electron chi connectivity index (χ0n) is 11.7. The molecule has 22 heavy (non-hydrogen) atoms. The van der Waals surface area contributed by atoms with Crippen LogP contribution in [0.3, 0.4) is 0 Å². The van der Waals surface area contributed by atoms with Crippen LogP contribution in [0, 0.1) is 11.6 Å². The van der Waals surface area contributed by atoms with Gasteiger partial charge in [-0.05, 0) is 18.6 Å². The lowest BCUT2D eigenvalue weighted by Gasteiger charge is -2.06.